The summed E-state index contributed by atoms with van der Waals surface area (Å²) in [4.78, 5) is 16.7. The van der Waals surface area contributed by atoms with Crippen molar-refractivity contribution >= 4 is 16.8 Å². The van der Waals surface area contributed by atoms with Crippen molar-refractivity contribution in [3.8, 4) is 5.75 Å². The number of fused-ring (bicyclic) bond motifs is 1. The normalized spacial score (nSPS) is 22.0. The molecule has 0 saturated carbocycles. The zero-order valence-corrected chi connectivity index (χ0v) is 19.3. The molecule has 1 aromatic heterocycles. The Morgan fingerprint density at radius 3 is 2.88 bits per heavy atom. The number of nitrogens with one attached hydrogen (secondary N) is 2. The Balaban J connectivity index is 1.64. The summed E-state index contributed by atoms with van der Waals surface area (Å²) in [6.07, 6.45) is 8.73. The van der Waals surface area contributed by atoms with Crippen molar-refractivity contribution in [2.24, 2.45) is 11.7 Å². The van der Waals surface area contributed by atoms with E-state index in [0.717, 1.165) is 48.0 Å². The fourth-order valence-electron chi connectivity index (χ4n) is 4.82. The van der Waals surface area contributed by atoms with E-state index in [1.54, 1.807) is 13.3 Å². The van der Waals surface area contributed by atoms with E-state index in [1.807, 2.05) is 24.3 Å². The molecule has 1 aliphatic rings. The first-order valence-corrected chi connectivity index (χ1v) is 11.9. The van der Waals surface area contributed by atoms with Gasteiger partial charge >= 0.3 is 0 Å². The first kappa shape index (κ1) is 24.4. The van der Waals surface area contributed by atoms with Crippen LogP contribution in [0.1, 0.15) is 63.5 Å². The number of methoxy groups -OCH3 is 1. The molecule has 7 nitrogen and oxygen atoms in total. The second-order valence-electron chi connectivity index (χ2n) is 8.79. The molecule has 5 N–H and O–H groups in total. The number of rotatable bonds is 12. The van der Waals surface area contributed by atoms with E-state index in [0.29, 0.717) is 6.54 Å². The van der Waals surface area contributed by atoms with E-state index in [4.69, 9.17) is 10.5 Å². The highest BCUT2D eigenvalue weighted by Gasteiger charge is 2.36. The molecule has 1 aliphatic heterocycles. The zero-order chi connectivity index (χ0) is 22.9. The highest BCUT2D eigenvalue weighted by molar-refractivity contribution is 5.84. The quantitative estimate of drug-likeness (QED) is 0.376. The van der Waals surface area contributed by atoms with Crippen molar-refractivity contribution in [1.82, 2.24) is 15.6 Å². The van der Waals surface area contributed by atoms with Gasteiger partial charge in [0.15, 0.2) is 0 Å². The lowest BCUT2D eigenvalue weighted by Gasteiger charge is -2.38. The van der Waals surface area contributed by atoms with Crippen molar-refractivity contribution in [2.45, 2.75) is 70.1 Å². The van der Waals surface area contributed by atoms with Gasteiger partial charge in [0.25, 0.3) is 0 Å². The number of benzene rings is 1. The molecule has 0 unspecified atom stereocenters. The molecule has 1 fully saturated rings. The van der Waals surface area contributed by atoms with Gasteiger partial charge in [-0.25, -0.2) is 0 Å². The molecule has 2 heterocycles. The molecule has 176 valence electrons. The monoisotopic (exact) mass is 442 g/mol. The lowest BCUT2D eigenvalue weighted by Crippen LogP contribution is -2.58. The molecule has 1 saturated heterocycles. The van der Waals surface area contributed by atoms with Gasteiger partial charge in [-0.15, -0.1) is 0 Å². The summed E-state index contributed by atoms with van der Waals surface area (Å²) >= 11 is 0. The first-order chi connectivity index (χ1) is 15.5. The predicted octanol–water partition coefficient (Wildman–Crippen LogP) is 3.06. The Labute approximate surface area is 191 Å². The molecule has 1 amide bonds. The summed E-state index contributed by atoms with van der Waals surface area (Å²) in [6.45, 7) is 3.39. The van der Waals surface area contributed by atoms with E-state index in [1.165, 1.54) is 25.7 Å². The van der Waals surface area contributed by atoms with Gasteiger partial charge in [0.2, 0.25) is 5.91 Å². The molecule has 1 aromatic carbocycles. The van der Waals surface area contributed by atoms with Crippen molar-refractivity contribution < 1.29 is 14.6 Å². The summed E-state index contributed by atoms with van der Waals surface area (Å²) in [7, 11) is 1.62. The van der Waals surface area contributed by atoms with Crippen molar-refractivity contribution in [3.05, 3.63) is 36.0 Å². The molecule has 0 radical (unpaired) electrons. The number of pyridine rings is 1. The van der Waals surface area contributed by atoms with Crippen LogP contribution in [0, 0.1) is 5.92 Å². The third-order valence-electron chi connectivity index (χ3n) is 6.59. The molecule has 2 aromatic rings. The van der Waals surface area contributed by atoms with Crippen LogP contribution in [0.25, 0.3) is 10.9 Å². The predicted molar refractivity (Wildman–Crippen MR) is 128 cm³/mol. The number of aliphatic hydroxyl groups excluding tert-OH is 1. The summed E-state index contributed by atoms with van der Waals surface area (Å²) in [5.41, 5.74) is 7.42. The Hall–Kier alpha value is -2.22. The van der Waals surface area contributed by atoms with E-state index in [2.05, 4.69) is 22.5 Å². The van der Waals surface area contributed by atoms with Gasteiger partial charge in [0.1, 0.15) is 5.75 Å². The second-order valence-corrected chi connectivity index (χ2v) is 8.79. The Kier molecular flexibility index (Phi) is 9.26. The number of nitrogens with zero attached hydrogens (tertiary/aromatic N) is 1. The Morgan fingerprint density at radius 1 is 1.31 bits per heavy atom. The minimum absolute atomic E-state index is 0.0494. The summed E-state index contributed by atoms with van der Waals surface area (Å²) in [5, 5.41) is 18.8. The fourth-order valence-corrected chi connectivity index (χ4v) is 4.82. The lowest BCUT2D eigenvalue weighted by molar-refractivity contribution is -0.124. The third-order valence-corrected chi connectivity index (χ3v) is 6.59. The Morgan fingerprint density at radius 2 is 2.12 bits per heavy atom. The van der Waals surface area contributed by atoms with Gasteiger partial charge < -0.3 is 26.2 Å². The number of ether oxygens (including phenoxy) is 1. The number of hydrogen-bond donors (Lipinski definition) is 4. The molecule has 4 atom stereocenters. The molecule has 0 aliphatic carbocycles. The number of aliphatic hydroxyl groups is 1. The van der Waals surface area contributed by atoms with Gasteiger partial charge in [0.05, 0.1) is 24.6 Å². The third kappa shape index (κ3) is 6.18. The van der Waals surface area contributed by atoms with Crippen LogP contribution in [0.5, 0.6) is 5.75 Å². The minimum atomic E-state index is -0.733. The number of hydrogen-bond acceptors (Lipinski definition) is 6. The van der Waals surface area contributed by atoms with Crippen molar-refractivity contribution in [2.75, 3.05) is 20.2 Å². The SMILES string of the molecule is CCCCCCC[C@H]1NCC[C@H](NC[C@H](O)c2ccnc3ccc(OC)cc23)[C@@H]1C(N)=O. The number of nitrogens with two attached hydrogens (primary N) is 1. The van der Waals surface area contributed by atoms with E-state index < -0.39 is 6.10 Å². The van der Waals surface area contributed by atoms with Gasteiger partial charge in [-0.3, -0.25) is 9.78 Å². The van der Waals surface area contributed by atoms with Crippen LogP contribution in [0.4, 0.5) is 0 Å². The highest BCUT2D eigenvalue weighted by atomic mass is 16.5. The maximum absolute atomic E-state index is 12.3. The van der Waals surface area contributed by atoms with Gasteiger partial charge in [0, 0.05) is 30.2 Å². The largest absolute Gasteiger partial charge is 0.497 e. The van der Waals surface area contributed by atoms with Crippen molar-refractivity contribution in [1.29, 1.82) is 0 Å². The van der Waals surface area contributed by atoms with Crippen LogP contribution >= 0.6 is 0 Å². The molecule has 0 bridgehead atoms. The van der Waals surface area contributed by atoms with Crippen LogP contribution in [-0.2, 0) is 4.79 Å². The van der Waals surface area contributed by atoms with Crippen LogP contribution in [0.3, 0.4) is 0 Å². The topological polar surface area (TPSA) is 110 Å². The standard InChI is InChI=1S/C25H38N4O3/c1-3-4-5-6-7-8-21-24(25(26)31)22(12-14-28-21)29-16-23(30)18-11-13-27-20-10-9-17(32-2)15-19(18)20/h9-11,13,15,21-24,28-30H,3-8,12,14,16H2,1-2H3,(H2,26,31)/t21-,22+,23+,24-/m1/s1. The minimum Gasteiger partial charge on any atom is -0.497 e. The number of amides is 1. The molecular formula is C25H38N4O3. The Bertz CT molecular complexity index is 875. The number of carbonyl (C=O) groups is 1. The highest BCUT2D eigenvalue weighted by Crippen LogP contribution is 2.27. The van der Waals surface area contributed by atoms with Crippen LogP contribution < -0.4 is 21.1 Å². The zero-order valence-electron chi connectivity index (χ0n) is 19.3. The average molecular weight is 443 g/mol. The summed E-state index contributed by atoms with van der Waals surface area (Å²) in [5.74, 6) is 0.166. The first-order valence-electron chi connectivity index (χ1n) is 11.9. The molecular weight excluding hydrogens is 404 g/mol. The smallest absolute Gasteiger partial charge is 0.223 e. The summed E-state index contributed by atoms with van der Waals surface area (Å²) < 4.78 is 5.33. The van der Waals surface area contributed by atoms with E-state index in [9.17, 15) is 9.90 Å². The van der Waals surface area contributed by atoms with Crippen LogP contribution in [0.15, 0.2) is 30.5 Å². The summed E-state index contributed by atoms with van der Waals surface area (Å²) in [6, 6.07) is 7.51. The average Bonchev–Trinajstić information content (AvgIpc) is 2.81. The van der Waals surface area contributed by atoms with Gasteiger partial charge in [-0.2, -0.15) is 0 Å². The number of piperidine rings is 1. The van der Waals surface area contributed by atoms with E-state index >= 15 is 0 Å². The number of carbonyl (C=O) groups excluding carboxylic acids is 1. The molecule has 32 heavy (non-hydrogen) atoms. The number of unbranched alkanes of at least 4 members (excludes halogenated alkanes) is 4. The number of primary amides is 1. The van der Waals surface area contributed by atoms with E-state index in [-0.39, 0.29) is 23.9 Å². The maximum atomic E-state index is 12.3. The maximum Gasteiger partial charge on any atom is 0.223 e. The van der Waals surface area contributed by atoms with Gasteiger partial charge in [-0.1, -0.05) is 39.0 Å². The molecule has 0 spiro atoms. The second kappa shape index (κ2) is 12.1. The van der Waals surface area contributed by atoms with Crippen molar-refractivity contribution in [3.63, 3.8) is 0 Å². The lowest BCUT2D eigenvalue weighted by atomic mass is 9.82. The van der Waals surface area contributed by atoms with Crippen LogP contribution in [0.2, 0.25) is 0 Å². The fraction of sp³-hybridized carbons (Fsp3) is 0.600. The van der Waals surface area contributed by atoms with Gasteiger partial charge in [-0.05, 0) is 49.2 Å². The molecule has 3 rings (SSSR count). The number of aromatic nitrogens is 1. The molecule has 7 heteroatoms. The van der Waals surface area contributed by atoms with Crippen LogP contribution in [-0.4, -0.2) is 48.3 Å².